The van der Waals surface area contributed by atoms with Crippen molar-refractivity contribution in [2.45, 2.75) is 51.6 Å². The van der Waals surface area contributed by atoms with Gasteiger partial charge in [0, 0.05) is 24.6 Å². The van der Waals surface area contributed by atoms with Crippen molar-refractivity contribution in [3.63, 3.8) is 0 Å². The second-order valence-corrected chi connectivity index (χ2v) is 6.86. The summed E-state index contributed by atoms with van der Waals surface area (Å²) in [5.41, 5.74) is -1.36. The van der Waals surface area contributed by atoms with Gasteiger partial charge in [-0.15, -0.1) is 10.2 Å². The normalized spacial score (nSPS) is 17.6. The van der Waals surface area contributed by atoms with Crippen molar-refractivity contribution in [2.75, 3.05) is 6.54 Å². The van der Waals surface area contributed by atoms with Crippen LogP contribution in [0.3, 0.4) is 0 Å². The average molecular weight is 354 g/mol. The monoisotopic (exact) mass is 354 g/mol. The van der Waals surface area contributed by atoms with E-state index in [1.54, 1.807) is 0 Å². The van der Waals surface area contributed by atoms with E-state index in [1.165, 1.54) is 16.7 Å². The molecule has 0 aromatic carbocycles. The molecule has 0 spiro atoms. The van der Waals surface area contributed by atoms with Crippen LogP contribution in [0.25, 0.3) is 5.65 Å². The number of amides is 1. The highest BCUT2D eigenvalue weighted by Gasteiger charge is 2.35. The third-order valence-corrected chi connectivity index (χ3v) is 4.95. The van der Waals surface area contributed by atoms with Crippen LogP contribution in [-0.4, -0.2) is 27.0 Å². The minimum absolute atomic E-state index is 0.0111. The maximum atomic E-state index is 13.0. The molecule has 1 N–H and O–H groups in total. The number of carbonyl (C=O) groups excluding carboxylic acids is 1. The lowest BCUT2D eigenvalue weighted by Gasteiger charge is -2.31. The van der Waals surface area contributed by atoms with Crippen molar-refractivity contribution in [2.24, 2.45) is 5.41 Å². The quantitative estimate of drug-likeness (QED) is 0.916. The van der Waals surface area contributed by atoms with Gasteiger partial charge < -0.3 is 5.32 Å². The van der Waals surface area contributed by atoms with Gasteiger partial charge in [-0.2, -0.15) is 13.2 Å². The van der Waals surface area contributed by atoms with Gasteiger partial charge in [0.2, 0.25) is 5.91 Å². The number of fused-ring (bicyclic) bond motifs is 1. The molecule has 0 radical (unpaired) electrons. The van der Waals surface area contributed by atoms with Crippen LogP contribution in [0.2, 0.25) is 0 Å². The molecule has 0 bridgehead atoms. The summed E-state index contributed by atoms with van der Waals surface area (Å²) >= 11 is 0. The molecule has 25 heavy (non-hydrogen) atoms. The van der Waals surface area contributed by atoms with E-state index in [2.05, 4.69) is 15.5 Å². The zero-order chi connectivity index (χ0) is 18.1. The van der Waals surface area contributed by atoms with Gasteiger partial charge in [0.15, 0.2) is 5.65 Å². The van der Waals surface area contributed by atoms with Crippen LogP contribution < -0.4 is 5.32 Å². The Morgan fingerprint density at radius 3 is 2.68 bits per heavy atom. The number of alkyl halides is 3. The molecule has 1 aliphatic carbocycles. The number of nitrogens with one attached hydrogen (secondary N) is 1. The molecular formula is C17H21F3N4O. The Morgan fingerprint density at radius 1 is 1.28 bits per heavy atom. The van der Waals surface area contributed by atoms with Crippen molar-refractivity contribution in [1.29, 1.82) is 0 Å². The van der Waals surface area contributed by atoms with Crippen molar-refractivity contribution < 1.29 is 18.0 Å². The van der Waals surface area contributed by atoms with Crippen LogP contribution in [0, 0.1) is 5.41 Å². The lowest BCUT2D eigenvalue weighted by Crippen LogP contribution is -2.41. The summed E-state index contributed by atoms with van der Waals surface area (Å²) in [7, 11) is 0. The second-order valence-electron chi connectivity index (χ2n) is 6.86. The number of halogens is 3. The fourth-order valence-electron chi connectivity index (χ4n) is 3.42. The molecule has 1 aliphatic rings. The summed E-state index contributed by atoms with van der Waals surface area (Å²) in [6.07, 6.45) is 2.38. The van der Waals surface area contributed by atoms with Gasteiger partial charge in [-0.25, -0.2) is 0 Å². The summed E-state index contributed by atoms with van der Waals surface area (Å²) < 4.78 is 40.3. The molecule has 2 aromatic rings. The van der Waals surface area contributed by atoms with Crippen LogP contribution in [0.5, 0.6) is 0 Å². The van der Waals surface area contributed by atoms with Crippen LogP contribution in [-0.2, 0) is 17.4 Å². The minimum atomic E-state index is -4.48. The molecule has 136 valence electrons. The van der Waals surface area contributed by atoms with E-state index >= 15 is 0 Å². The topological polar surface area (TPSA) is 59.3 Å². The predicted molar refractivity (Wildman–Crippen MR) is 85.9 cm³/mol. The van der Waals surface area contributed by atoms with Crippen molar-refractivity contribution in [3.8, 4) is 0 Å². The average Bonchev–Trinajstić information content (AvgIpc) is 2.97. The summed E-state index contributed by atoms with van der Waals surface area (Å²) in [6.45, 7) is 2.30. The SMILES string of the molecule is CC1(C(=O)NCCc2nnc3c(C(F)(F)F)cccn23)CCCCC1. The lowest BCUT2D eigenvalue weighted by atomic mass is 9.75. The van der Waals surface area contributed by atoms with Crippen molar-refractivity contribution in [1.82, 2.24) is 19.9 Å². The molecular weight excluding hydrogens is 333 g/mol. The third kappa shape index (κ3) is 3.62. The zero-order valence-corrected chi connectivity index (χ0v) is 14.1. The Labute approximate surface area is 143 Å². The maximum absolute atomic E-state index is 13.0. The molecule has 1 fully saturated rings. The highest BCUT2D eigenvalue weighted by atomic mass is 19.4. The van der Waals surface area contributed by atoms with Gasteiger partial charge in [0.25, 0.3) is 0 Å². The van der Waals surface area contributed by atoms with Gasteiger partial charge in [-0.05, 0) is 25.0 Å². The van der Waals surface area contributed by atoms with E-state index in [4.69, 9.17) is 0 Å². The second kappa shape index (κ2) is 6.65. The lowest BCUT2D eigenvalue weighted by molar-refractivity contribution is -0.136. The fraction of sp³-hybridized carbons (Fsp3) is 0.588. The first-order valence-corrected chi connectivity index (χ1v) is 8.49. The first kappa shape index (κ1) is 17.7. The molecule has 0 unspecified atom stereocenters. The van der Waals surface area contributed by atoms with Crippen molar-refractivity contribution >= 4 is 11.6 Å². The molecule has 0 saturated heterocycles. The number of nitrogens with zero attached hydrogens (tertiary/aromatic N) is 3. The zero-order valence-electron chi connectivity index (χ0n) is 14.1. The first-order valence-electron chi connectivity index (χ1n) is 8.49. The smallest absolute Gasteiger partial charge is 0.355 e. The molecule has 1 saturated carbocycles. The van der Waals surface area contributed by atoms with E-state index in [0.29, 0.717) is 18.8 Å². The molecule has 5 nitrogen and oxygen atoms in total. The van der Waals surface area contributed by atoms with Gasteiger partial charge in [-0.1, -0.05) is 26.2 Å². The Balaban J connectivity index is 1.67. The molecule has 1 amide bonds. The summed E-state index contributed by atoms with van der Waals surface area (Å²) in [5, 5.41) is 10.4. The number of aromatic nitrogens is 3. The summed E-state index contributed by atoms with van der Waals surface area (Å²) in [4.78, 5) is 12.4. The van der Waals surface area contributed by atoms with Gasteiger partial charge in [-0.3, -0.25) is 9.20 Å². The van der Waals surface area contributed by atoms with E-state index < -0.39 is 11.7 Å². The highest BCUT2D eigenvalue weighted by Crippen LogP contribution is 2.35. The maximum Gasteiger partial charge on any atom is 0.420 e. The van der Waals surface area contributed by atoms with Crippen LogP contribution in [0.15, 0.2) is 18.3 Å². The number of pyridine rings is 1. The third-order valence-electron chi connectivity index (χ3n) is 4.95. The Morgan fingerprint density at radius 2 is 2.00 bits per heavy atom. The summed E-state index contributed by atoms with van der Waals surface area (Å²) in [6, 6.07) is 2.31. The number of hydrogen-bond acceptors (Lipinski definition) is 3. The molecule has 2 aromatic heterocycles. The van der Waals surface area contributed by atoms with E-state index in [9.17, 15) is 18.0 Å². The first-order chi connectivity index (χ1) is 11.8. The standard InChI is InChI=1S/C17H21F3N4O/c1-16(8-3-2-4-9-16)15(25)21-10-7-13-22-23-14-12(17(18,19)20)6-5-11-24(13)14/h5-6,11H,2-4,7-10H2,1H3,(H,21,25). The van der Waals surface area contributed by atoms with Crippen LogP contribution in [0.4, 0.5) is 13.2 Å². The summed E-state index contributed by atoms with van der Waals surface area (Å²) in [5.74, 6) is 0.409. The Hall–Kier alpha value is -2.12. The van der Waals surface area contributed by atoms with E-state index in [1.807, 2.05) is 6.92 Å². The van der Waals surface area contributed by atoms with Gasteiger partial charge >= 0.3 is 6.18 Å². The molecule has 3 rings (SSSR count). The predicted octanol–water partition coefficient (Wildman–Crippen LogP) is 3.38. The molecule has 0 atom stereocenters. The molecule has 8 heteroatoms. The minimum Gasteiger partial charge on any atom is -0.355 e. The fourth-order valence-corrected chi connectivity index (χ4v) is 3.42. The molecule has 2 heterocycles. The van der Waals surface area contributed by atoms with Crippen LogP contribution in [0.1, 0.15) is 50.4 Å². The Kier molecular flexibility index (Phi) is 4.71. The number of carbonyl (C=O) groups is 1. The van der Waals surface area contributed by atoms with Crippen molar-refractivity contribution in [3.05, 3.63) is 29.7 Å². The van der Waals surface area contributed by atoms with E-state index in [-0.39, 0.29) is 17.0 Å². The van der Waals surface area contributed by atoms with Crippen LogP contribution >= 0.6 is 0 Å². The molecule has 0 aliphatic heterocycles. The largest absolute Gasteiger partial charge is 0.420 e. The Bertz CT molecular complexity index is 763. The van der Waals surface area contributed by atoms with Gasteiger partial charge in [0.1, 0.15) is 11.4 Å². The van der Waals surface area contributed by atoms with Gasteiger partial charge in [0.05, 0.1) is 0 Å². The highest BCUT2D eigenvalue weighted by molar-refractivity contribution is 5.82. The van der Waals surface area contributed by atoms with E-state index in [0.717, 1.165) is 38.2 Å². The number of hydrogen-bond donors (Lipinski definition) is 1. The number of rotatable bonds is 4.